The van der Waals surface area contributed by atoms with Gasteiger partial charge in [-0.05, 0) is 25.1 Å². The number of benzene rings is 1. The number of nitrogens with zero attached hydrogens (tertiary/aromatic N) is 1. The van der Waals surface area contributed by atoms with E-state index >= 15 is 0 Å². The lowest BCUT2D eigenvalue weighted by atomic mass is 10.1. The van der Waals surface area contributed by atoms with Crippen molar-refractivity contribution in [1.82, 2.24) is 4.98 Å². The number of fused-ring (bicyclic) bond motifs is 1. The number of aryl methyl sites for hydroxylation is 1. The predicted octanol–water partition coefficient (Wildman–Crippen LogP) is 2.92. The van der Waals surface area contributed by atoms with Crippen molar-refractivity contribution in [2.24, 2.45) is 0 Å². The second-order valence-electron chi connectivity index (χ2n) is 3.09. The van der Waals surface area contributed by atoms with Crippen LogP contribution in [-0.2, 0) is 0 Å². The third kappa shape index (κ3) is 1.30. The Morgan fingerprint density at radius 3 is 2.86 bits per heavy atom. The van der Waals surface area contributed by atoms with Crippen LogP contribution in [0.3, 0.4) is 0 Å². The van der Waals surface area contributed by atoms with Crippen molar-refractivity contribution in [2.45, 2.75) is 6.92 Å². The second kappa shape index (κ2) is 3.10. The smallest absolute Gasteiger partial charge is 0.151 e. The largest absolute Gasteiger partial charge is 0.397 e. The van der Waals surface area contributed by atoms with Crippen molar-refractivity contribution in [3.8, 4) is 0 Å². The molecular formula is C10H8ClFN2. The van der Waals surface area contributed by atoms with Gasteiger partial charge in [0.05, 0.1) is 21.9 Å². The predicted molar refractivity (Wildman–Crippen MR) is 55.9 cm³/mol. The first-order valence-corrected chi connectivity index (χ1v) is 4.48. The summed E-state index contributed by atoms with van der Waals surface area (Å²) >= 11 is 5.64. The molecule has 1 aromatic carbocycles. The van der Waals surface area contributed by atoms with Gasteiger partial charge in [0.25, 0.3) is 0 Å². The van der Waals surface area contributed by atoms with Crippen LogP contribution in [0.1, 0.15) is 5.69 Å². The van der Waals surface area contributed by atoms with Crippen molar-refractivity contribution in [2.75, 3.05) is 5.73 Å². The topological polar surface area (TPSA) is 38.9 Å². The molecule has 1 heterocycles. The average Bonchev–Trinajstić information content (AvgIpc) is 2.15. The highest BCUT2D eigenvalue weighted by Gasteiger charge is 2.08. The number of nitrogen functional groups attached to an aromatic ring is 1. The SMILES string of the molecule is Cc1nc2ccc(Cl)c(F)c2cc1N. The van der Waals surface area contributed by atoms with Crippen molar-refractivity contribution >= 4 is 28.2 Å². The minimum atomic E-state index is -0.469. The highest BCUT2D eigenvalue weighted by atomic mass is 35.5. The number of nitrogens with two attached hydrogens (primary N) is 1. The van der Waals surface area contributed by atoms with E-state index in [1.54, 1.807) is 19.1 Å². The summed E-state index contributed by atoms with van der Waals surface area (Å²) in [5, 5.41) is 0.447. The standard InChI is InChI=1S/C10H8ClFN2/c1-5-8(13)4-6-9(14-5)3-2-7(11)10(6)12/h2-4H,13H2,1H3. The van der Waals surface area contributed by atoms with Crippen LogP contribution in [0.5, 0.6) is 0 Å². The Kier molecular flexibility index (Phi) is 2.04. The lowest BCUT2D eigenvalue weighted by Gasteiger charge is -2.04. The molecule has 72 valence electrons. The first kappa shape index (κ1) is 9.21. The summed E-state index contributed by atoms with van der Waals surface area (Å²) in [6.07, 6.45) is 0. The monoisotopic (exact) mass is 210 g/mol. The van der Waals surface area contributed by atoms with Crippen LogP contribution < -0.4 is 5.73 Å². The highest BCUT2D eigenvalue weighted by molar-refractivity contribution is 6.31. The third-order valence-electron chi connectivity index (χ3n) is 2.12. The molecule has 2 rings (SSSR count). The van der Waals surface area contributed by atoms with E-state index in [0.717, 1.165) is 0 Å². The number of hydrogen-bond acceptors (Lipinski definition) is 2. The maximum Gasteiger partial charge on any atom is 0.151 e. The minimum Gasteiger partial charge on any atom is -0.397 e. The molecule has 2 nitrogen and oxygen atoms in total. The fourth-order valence-corrected chi connectivity index (χ4v) is 1.46. The maximum atomic E-state index is 13.5. The summed E-state index contributed by atoms with van der Waals surface area (Å²) in [6, 6.07) is 4.72. The summed E-state index contributed by atoms with van der Waals surface area (Å²) in [7, 11) is 0. The molecule has 0 aliphatic rings. The first-order chi connectivity index (χ1) is 6.59. The zero-order chi connectivity index (χ0) is 10.3. The van der Waals surface area contributed by atoms with Crippen LogP contribution in [0.25, 0.3) is 10.9 Å². The zero-order valence-electron chi connectivity index (χ0n) is 7.51. The van der Waals surface area contributed by atoms with Crippen LogP contribution in [0.4, 0.5) is 10.1 Å². The molecule has 0 atom stereocenters. The van der Waals surface area contributed by atoms with Gasteiger partial charge in [0.1, 0.15) is 0 Å². The van der Waals surface area contributed by atoms with Crippen molar-refractivity contribution in [1.29, 1.82) is 0 Å². The molecule has 0 amide bonds. The van der Waals surface area contributed by atoms with Gasteiger partial charge in [-0.15, -0.1) is 0 Å². The van der Waals surface area contributed by atoms with Gasteiger partial charge in [-0.3, -0.25) is 4.98 Å². The number of anilines is 1. The van der Waals surface area contributed by atoms with Gasteiger partial charge in [0, 0.05) is 5.39 Å². The summed E-state index contributed by atoms with van der Waals surface area (Å²) in [6.45, 7) is 1.78. The van der Waals surface area contributed by atoms with E-state index in [1.165, 1.54) is 6.07 Å². The maximum absolute atomic E-state index is 13.5. The van der Waals surface area contributed by atoms with Crippen LogP contribution in [0, 0.1) is 12.7 Å². The number of rotatable bonds is 0. The first-order valence-electron chi connectivity index (χ1n) is 4.10. The second-order valence-corrected chi connectivity index (χ2v) is 3.50. The lowest BCUT2D eigenvalue weighted by Crippen LogP contribution is -1.94. The fraction of sp³-hybridized carbons (Fsp3) is 0.100. The molecule has 0 spiro atoms. The molecule has 2 N–H and O–H groups in total. The molecule has 4 heteroatoms. The Hall–Kier alpha value is -1.35. The summed E-state index contributed by atoms with van der Waals surface area (Å²) in [4.78, 5) is 4.15. The molecule has 0 unspecified atom stereocenters. The van der Waals surface area contributed by atoms with E-state index in [1.807, 2.05) is 0 Å². The van der Waals surface area contributed by atoms with Gasteiger partial charge in [-0.1, -0.05) is 11.6 Å². The third-order valence-corrected chi connectivity index (χ3v) is 2.41. The van der Waals surface area contributed by atoms with E-state index < -0.39 is 5.82 Å². The molecule has 0 saturated carbocycles. The van der Waals surface area contributed by atoms with Gasteiger partial charge in [-0.25, -0.2) is 4.39 Å². The van der Waals surface area contributed by atoms with Gasteiger partial charge < -0.3 is 5.73 Å². The van der Waals surface area contributed by atoms with Crippen molar-refractivity contribution < 1.29 is 4.39 Å². The van der Waals surface area contributed by atoms with E-state index in [2.05, 4.69) is 4.98 Å². The Morgan fingerprint density at radius 1 is 1.43 bits per heavy atom. The van der Waals surface area contributed by atoms with Gasteiger partial charge in [0.15, 0.2) is 5.82 Å². The molecule has 2 aromatic rings. The Labute approximate surface area is 85.5 Å². The van der Waals surface area contributed by atoms with Crippen LogP contribution in [0.15, 0.2) is 18.2 Å². The van der Waals surface area contributed by atoms with Gasteiger partial charge in [-0.2, -0.15) is 0 Å². The normalized spacial score (nSPS) is 10.8. The quantitative estimate of drug-likeness (QED) is 0.726. The molecule has 0 saturated heterocycles. The average molecular weight is 211 g/mol. The number of hydrogen-bond donors (Lipinski definition) is 1. The van der Waals surface area contributed by atoms with Crippen LogP contribution >= 0.6 is 11.6 Å². The fourth-order valence-electron chi connectivity index (χ4n) is 1.30. The van der Waals surface area contributed by atoms with Gasteiger partial charge in [0.2, 0.25) is 0 Å². The summed E-state index contributed by atoms with van der Waals surface area (Å²) in [5.74, 6) is -0.469. The molecule has 0 bridgehead atoms. The van der Waals surface area contributed by atoms with E-state index in [9.17, 15) is 4.39 Å². The molecule has 0 radical (unpaired) electrons. The number of halogens is 2. The number of pyridine rings is 1. The van der Waals surface area contributed by atoms with Gasteiger partial charge >= 0.3 is 0 Å². The van der Waals surface area contributed by atoms with E-state index in [4.69, 9.17) is 17.3 Å². The molecular weight excluding hydrogens is 203 g/mol. The Morgan fingerprint density at radius 2 is 2.14 bits per heavy atom. The molecule has 0 aliphatic heterocycles. The Bertz CT molecular complexity index is 511. The van der Waals surface area contributed by atoms with Crippen LogP contribution in [-0.4, -0.2) is 4.98 Å². The van der Waals surface area contributed by atoms with Crippen molar-refractivity contribution in [3.05, 3.63) is 34.7 Å². The Balaban J connectivity index is 2.89. The molecule has 0 aliphatic carbocycles. The molecule has 0 fully saturated rings. The summed E-state index contributed by atoms with van der Waals surface area (Å²) in [5.41, 5.74) is 7.37. The number of aromatic nitrogens is 1. The lowest BCUT2D eigenvalue weighted by molar-refractivity contribution is 0.640. The van der Waals surface area contributed by atoms with E-state index in [-0.39, 0.29) is 5.02 Å². The van der Waals surface area contributed by atoms with Crippen LogP contribution in [0.2, 0.25) is 5.02 Å². The summed E-state index contributed by atoms with van der Waals surface area (Å²) < 4.78 is 13.5. The zero-order valence-corrected chi connectivity index (χ0v) is 8.27. The highest BCUT2D eigenvalue weighted by Crippen LogP contribution is 2.25. The van der Waals surface area contributed by atoms with E-state index in [0.29, 0.717) is 22.3 Å². The van der Waals surface area contributed by atoms with Crippen molar-refractivity contribution in [3.63, 3.8) is 0 Å². The molecule has 1 aromatic heterocycles. The molecule has 14 heavy (non-hydrogen) atoms. The minimum absolute atomic E-state index is 0.0857.